The van der Waals surface area contributed by atoms with Crippen LogP contribution >= 0.6 is 0 Å². The fourth-order valence-electron chi connectivity index (χ4n) is 1.28. The Hall–Kier alpha value is -1.71. The van der Waals surface area contributed by atoms with Gasteiger partial charge in [-0.25, -0.2) is 4.39 Å². The SMILES string of the molecule is CC(=O)CCC(=O)Nc1c(C)cccc1F. The summed E-state index contributed by atoms with van der Waals surface area (Å²) < 4.78 is 13.3. The van der Waals surface area contributed by atoms with Crippen molar-refractivity contribution >= 4 is 17.4 Å². The molecule has 0 atom stereocenters. The molecule has 0 aliphatic heterocycles. The Morgan fingerprint density at radius 3 is 2.56 bits per heavy atom. The number of carbonyl (C=O) groups excluding carboxylic acids is 2. The van der Waals surface area contributed by atoms with Crippen molar-refractivity contribution < 1.29 is 14.0 Å². The van der Waals surface area contributed by atoms with Crippen molar-refractivity contribution in [3.63, 3.8) is 0 Å². The van der Waals surface area contributed by atoms with Crippen molar-refractivity contribution in [3.05, 3.63) is 29.6 Å². The van der Waals surface area contributed by atoms with Gasteiger partial charge in [0.05, 0.1) is 5.69 Å². The molecule has 1 aromatic rings. The minimum absolute atomic E-state index is 0.0552. The summed E-state index contributed by atoms with van der Waals surface area (Å²) in [7, 11) is 0. The van der Waals surface area contributed by atoms with E-state index >= 15 is 0 Å². The van der Waals surface area contributed by atoms with E-state index in [1.165, 1.54) is 13.0 Å². The zero-order chi connectivity index (χ0) is 12.1. The number of carbonyl (C=O) groups is 2. The van der Waals surface area contributed by atoms with Crippen LogP contribution in [0.2, 0.25) is 0 Å². The predicted molar refractivity (Wildman–Crippen MR) is 59.7 cm³/mol. The lowest BCUT2D eigenvalue weighted by molar-refractivity contribution is -0.121. The smallest absolute Gasteiger partial charge is 0.224 e. The second-order valence-corrected chi connectivity index (χ2v) is 3.68. The second-order valence-electron chi connectivity index (χ2n) is 3.68. The molecule has 1 rings (SSSR count). The summed E-state index contributed by atoms with van der Waals surface area (Å²) in [6, 6.07) is 4.58. The van der Waals surface area contributed by atoms with E-state index in [1.54, 1.807) is 19.1 Å². The quantitative estimate of drug-likeness (QED) is 0.852. The summed E-state index contributed by atoms with van der Waals surface area (Å²) in [6.45, 7) is 3.13. The van der Waals surface area contributed by atoms with Crippen LogP contribution in [0, 0.1) is 12.7 Å². The summed E-state index contributed by atoms with van der Waals surface area (Å²) in [4.78, 5) is 22.1. The summed E-state index contributed by atoms with van der Waals surface area (Å²) >= 11 is 0. The number of aryl methyl sites for hydroxylation is 1. The number of Topliss-reactive ketones (excluding diaryl/α,β-unsaturated/α-hetero) is 1. The highest BCUT2D eigenvalue weighted by Crippen LogP contribution is 2.18. The van der Waals surface area contributed by atoms with E-state index in [0.717, 1.165) is 0 Å². The molecule has 16 heavy (non-hydrogen) atoms. The van der Waals surface area contributed by atoms with Crippen LogP contribution in [-0.2, 0) is 9.59 Å². The maximum absolute atomic E-state index is 13.3. The van der Waals surface area contributed by atoms with Gasteiger partial charge >= 0.3 is 0 Å². The number of amides is 1. The van der Waals surface area contributed by atoms with Gasteiger partial charge in [-0.05, 0) is 25.5 Å². The van der Waals surface area contributed by atoms with Crippen LogP contribution in [-0.4, -0.2) is 11.7 Å². The zero-order valence-electron chi connectivity index (χ0n) is 9.34. The van der Waals surface area contributed by atoms with Gasteiger partial charge in [0.2, 0.25) is 5.91 Å². The number of nitrogens with one attached hydrogen (secondary N) is 1. The molecule has 1 aromatic carbocycles. The molecular weight excluding hydrogens is 209 g/mol. The number of rotatable bonds is 4. The lowest BCUT2D eigenvalue weighted by atomic mass is 10.1. The van der Waals surface area contributed by atoms with Gasteiger partial charge in [-0.1, -0.05) is 12.1 Å². The third-order valence-corrected chi connectivity index (χ3v) is 2.19. The number of benzene rings is 1. The first-order chi connectivity index (χ1) is 7.50. The van der Waals surface area contributed by atoms with Crippen molar-refractivity contribution in [1.82, 2.24) is 0 Å². The molecule has 0 aromatic heterocycles. The molecule has 0 heterocycles. The van der Waals surface area contributed by atoms with Gasteiger partial charge in [0.25, 0.3) is 0 Å². The van der Waals surface area contributed by atoms with Crippen LogP contribution in [0.5, 0.6) is 0 Å². The molecule has 0 spiro atoms. The fourth-order valence-corrected chi connectivity index (χ4v) is 1.28. The first-order valence-corrected chi connectivity index (χ1v) is 5.05. The van der Waals surface area contributed by atoms with E-state index in [0.29, 0.717) is 5.56 Å². The van der Waals surface area contributed by atoms with Crippen LogP contribution in [0.25, 0.3) is 0 Å². The first kappa shape index (κ1) is 12.4. The van der Waals surface area contributed by atoms with Crippen LogP contribution in [0.15, 0.2) is 18.2 Å². The summed E-state index contributed by atoms with van der Waals surface area (Å²) in [6.07, 6.45) is 0.266. The molecule has 0 aliphatic carbocycles. The molecule has 1 amide bonds. The fraction of sp³-hybridized carbons (Fsp3) is 0.333. The van der Waals surface area contributed by atoms with Crippen molar-refractivity contribution in [2.75, 3.05) is 5.32 Å². The molecule has 0 fully saturated rings. The number of ketones is 1. The predicted octanol–water partition coefficient (Wildman–Crippen LogP) is 2.44. The van der Waals surface area contributed by atoms with Crippen LogP contribution in [0.3, 0.4) is 0 Å². The van der Waals surface area contributed by atoms with E-state index < -0.39 is 5.82 Å². The topological polar surface area (TPSA) is 46.2 Å². The van der Waals surface area contributed by atoms with E-state index in [4.69, 9.17) is 0 Å². The molecule has 0 aliphatic rings. The van der Waals surface area contributed by atoms with Crippen LogP contribution in [0.1, 0.15) is 25.3 Å². The zero-order valence-corrected chi connectivity index (χ0v) is 9.34. The summed E-state index contributed by atoms with van der Waals surface area (Å²) in [5.74, 6) is -0.861. The number of anilines is 1. The Morgan fingerprint density at radius 2 is 2.00 bits per heavy atom. The van der Waals surface area contributed by atoms with E-state index in [1.807, 2.05) is 0 Å². The molecule has 86 valence electrons. The molecule has 0 saturated heterocycles. The Kier molecular flexibility index (Phi) is 4.17. The number of para-hydroxylation sites is 1. The molecule has 4 heteroatoms. The molecule has 0 bridgehead atoms. The van der Waals surface area contributed by atoms with E-state index in [2.05, 4.69) is 5.32 Å². The lowest BCUT2D eigenvalue weighted by Crippen LogP contribution is -2.14. The minimum Gasteiger partial charge on any atom is -0.323 e. The number of hydrogen-bond acceptors (Lipinski definition) is 2. The van der Waals surface area contributed by atoms with Gasteiger partial charge in [-0.15, -0.1) is 0 Å². The average Bonchev–Trinajstić information content (AvgIpc) is 2.21. The van der Waals surface area contributed by atoms with E-state index in [9.17, 15) is 14.0 Å². The molecule has 0 radical (unpaired) electrons. The standard InChI is InChI=1S/C12H14FNO2/c1-8-4-3-5-10(13)12(8)14-11(16)7-6-9(2)15/h3-5H,6-7H2,1-2H3,(H,14,16). The Balaban J connectivity index is 2.66. The lowest BCUT2D eigenvalue weighted by Gasteiger charge is -2.08. The van der Waals surface area contributed by atoms with Crippen LogP contribution in [0.4, 0.5) is 10.1 Å². The van der Waals surface area contributed by atoms with Gasteiger partial charge in [-0.2, -0.15) is 0 Å². The van der Waals surface area contributed by atoms with E-state index in [-0.39, 0.29) is 30.2 Å². The molecule has 0 saturated carbocycles. The van der Waals surface area contributed by atoms with Gasteiger partial charge in [-0.3, -0.25) is 4.79 Å². The first-order valence-electron chi connectivity index (χ1n) is 5.05. The minimum atomic E-state index is -0.462. The average molecular weight is 223 g/mol. The largest absolute Gasteiger partial charge is 0.323 e. The monoisotopic (exact) mass is 223 g/mol. The molecule has 0 unspecified atom stereocenters. The number of hydrogen-bond donors (Lipinski definition) is 1. The summed E-state index contributed by atoms with van der Waals surface area (Å²) in [5, 5.41) is 2.47. The Morgan fingerprint density at radius 1 is 1.31 bits per heavy atom. The van der Waals surface area contributed by atoms with Crippen LogP contribution < -0.4 is 5.32 Å². The highest BCUT2D eigenvalue weighted by molar-refractivity contribution is 5.93. The third kappa shape index (κ3) is 3.46. The normalized spacial score (nSPS) is 9.94. The maximum atomic E-state index is 13.3. The highest BCUT2D eigenvalue weighted by atomic mass is 19.1. The van der Waals surface area contributed by atoms with Crippen molar-refractivity contribution in [3.8, 4) is 0 Å². The van der Waals surface area contributed by atoms with Crippen molar-refractivity contribution in [1.29, 1.82) is 0 Å². The van der Waals surface area contributed by atoms with Crippen molar-refractivity contribution in [2.24, 2.45) is 0 Å². The van der Waals surface area contributed by atoms with Gasteiger partial charge < -0.3 is 10.1 Å². The van der Waals surface area contributed by atoms with Gasteiger partial charge in [0.1, 0.15) is 11.6 Å². The highest BCUT2D eigenvalue weighted by Gasteiger charge is 2.09. The van der Waals surface area contributed by atoms with Crippen molar-refractivity contribution in [2.45, 2.75) is 26.7 Å². The molecular formula is C12H14FNO2. The third-order valence-electron chi connectivity index (χ3n) is 2.19. The maximum Gasteiger partial charge on any atom is 0.224 e. The summed E-state index contributed by atoms with van der Waals surface area (Å²) in [5.41, 5.74) is 0.854. The molecule has 3 nitrogen and oxygen atoms in total. The second kappa shape index (κ2) is 5.39. The van der Waals surface area contributed by atoms with Gasteiger partial charge in [0, 0.05) is 12.8 Å². The Labute approximate surface area is 93.7 Å². The Bertz CT molecular complexity index is 395. The molecule has 1 N–H and O–H groups in total. The van der Waals surface area contributed by atoms with Gasteiger partial charge in [0.15, 0.2) is 0 Å². The number of halogens is 1.